The fourth-order valence-electron chi connectivity index (χ4n) is 2.14. The summed E-state index contributed by atoms with van der Waals surface area (Å²) in [4.78, 5) is 0. The van der Waals surface area contributed by atoms with Crippen LogP contribution in [-0.2, 0) is 9.47 Å². The second-order valence-corrected chi connectivity index (χ2v) is 4.16. The normalized spacial score (nSPS) is 39.9. The summed E-state index contributed by atoms with van der Waals surface area (Å²) in [6.07, 6.45) is 6.41. The molecule has 76 valence electrons. The van der Waals surface area contributed by atoms with Crippen LogP contribution in [0.25, 0.3) is 0 Å². The smallest absolute Gasteiger partial charge is 0.0809 e. The Morgan fingerprint density at radius 2 is 2.23 bits per heavy atom. The van der Waals surface area contributed by atoms with E-state index in [0.717, 1.165) is 32.5 Å². The first kappa shape index (κ1) is 9.44. The van der Waals surface area contributed by atoms with Gasteiger partial charge in [0.25, 0.3) is 0 Å². The Bertz CT molecular complexity index is 157. The second-order valence-electron chi connectivity index (χ2n) is 4.16. The summed E-state index contributed by atoms with van der Waals surface area (Å²) >= 11 is 0. The Morgan fingerprint density at radius 3 is 2.85 bits per heavy atom. The van der Waals surface area contributed by atoms with Crippen LogP contribution in [0.3, 0.4) is 0 Å². The van der Waals surface area contributed by atoms with E-state index in [2.05, 4.69) is 0 Å². The lowest BCUT2D eigenvalue weighted by Gasteiger charge is -2.15. The van der Waals surface area contributed by atoms with Crippen LogP contribution in [0.5, 0.6) is 0 Å². The third kappa shape index (κ3) is 2.66. The zero-order chi connectivity index (χ0) is 9.10. The summed E-state index contributed by atoms with van der Waals surface area (Å²) in [5, 5.41) is 0. The Labute approximate surface area is 79.6 Å². The predicted molar refractivity (Wildman–Crippen MR) is 50.5 cm³/mol. The second kappa shape index (κ2) is 4.40. The molecule has 0 spiro atoms. The predicted octanol–water partition coefficient (Wildman–Crippen LogP) is 1.06. The van der Waals surface area contributed by atoms with Gasteiger partial charge in [0.05, 0.1) is 18.8 Å². The van der Waals surface area contributed by atoms with Gasteiger partial charge in [0.15, 0.2) is 0 Å². The van der Waals surface area contributed by atoms with Crippen molar-refractivity contribution in [3.63, 3.8) is 0 Å². The molecule has 3 unspecified atom stereocenters. The molecule has 1 aliphatic heterocycles. The molecule has 0 radical (unpaired) electrons. The average molecular weight is 185 g/mol. The molecule has 0 amide bonds. The molecule has 3 nitrogen and oxygen atoms in total. The van der Waals surface area contributed by atoms with Gasteiger partial charge in [0, 0.05) is 12.6 Å². The molecule has 1 saturated carbocycles. The molecular weight excluding hydrogens is 166 g/mol. The van der Waals surface area contributed by atoms with Crippen LogP contribution in [0, 0.1) is 0 Å². The number of hydrogen-bond donors (Lipinski definition) is 1. The molecule has 0 aromatic rings. The maximum Gasteiger partial charge on any atom is 0.0809 e. The van der Waals surface area contributed by atoms with E-state index >= 15 is 0 Å². The van der Waals surface area contributed by atoms with Crippen molar-refractivity contribution in [3.8, 4) is 0 Å². The highest BCUT2D eigenvalue weighted by Crippen LogP contribution is 2.22. The van der Waals surface area contributed by atoms with E-state index in [0.29, 0.717) is 18.2 Å². The molecule has 3 atom stereocenters. The summed E-state index contributed by atoms with van der Waals surface area (Å²) in [6, 6.07) is 0.370. The van der Waals surface area contributed by atoms with Gasteiger partial charge in [0.2, 0.25) is 0 Å². The summed E-state index contributed by atoms with van der Waals surface area (Å²) in [5.74, 6) is 0. The van der Waals surface area contributed by atoms with Gasteiger partial charge < -0.3 is 15.2 Å². The first-order valence-corrected chi connectivity index (χ1v) is 5.33. The summed E-state index contributed by atoms with van der Waals surface area (Å²) < 4.78 is 11.2. The van der Waals surface area contributed by atoms with Crippen molar-refractivity contribution in [2.45, 2.75) is 50.4 Å². The van der Waals surface area contributed by atoms with Crippen molar-refractivity contribution >= 4 is 0 Å². The summed E-state index contributed by atoms with van der Waals surface area (Å²) in [7, 11) is 0. The van der Waals surface area contributed by atoms with Gasteiger partial charge in [-0.05, 0) is 32.1 Å². The van der Waals surface area contributed by atoms with E-state index in [9.17, 15) is 0 Å². The SMILES string of the molecule is NC1CCC(OCC2CCCO2)C1. The number of rotatable bonds is 3. The van der Waals surface area contributed by atoms with E-state index in [1.54, 1.807) is 0 Å². The van der Waals surface area contributed by atoms with Crippen molar-refractivity contribution in [2.24, 2.45) is 5.73 Å². The molecular formula is C10H19NO2. The zero-order valence-corrected chi connectivity index (χ0v) is 8.08. The maximum absolute atomic E-state index is 5.80. The van der Waals surface area contributed by atoms with Gasteiger partial charge in [-0.3, -0.25) is 0 Å². The van der Waals surface area contributed by atoms with E-state index in [1.807, 2.05) is 0 Å². The van der Waals surface area contributed by atoms with E-state index < -0.39 is 0 Å². The molecule has 1 aliphatic carbocycles. The van der Waals surface area contributed by atoms with Crippen LogP contribution in [0.1, 0.15) is 32.1 Å². The highest BCUT2D eigenvalue weighted by molar-refractivity contribution is 4.78. The summed E-state index contributed by atoms with van der Waals surface area (Å²) in [5.41, 5.74) is 5.80. The number of hydrogen-bond acceptors (Lipinski definition) is 3. The van der Waals surface area contributed by atoms with Gasteiger partial charge in [-0.15, -0.1) is 0 Å². The van der Waals surface area contributed by atoms with Gasteiger partial charge in [-0.2, -0.15) is 0 Å². The van der Waals surface area contributed by atoms with Crippen LogP contribution < -0.4 is 5.73 Å². The molecule has 13 heavy (non-hydrogen) atoms. The lowest BCUT2D eigenvalue weighted by molar-refractivity contribution is -0.0179. The van der Waals surface area contributed by atoms with Gasteiger partial charge in [0.1, 0.15) is 0 Å². The average Bonchev–Trinajstić information content (AvgIpc) is 2.71. The minimum Gasteiger partial charge on any atom is -0.376 e. The molecule has 0 aromatic carbocycles. The Kier molecular flexibility index (Phi) is 3.19. The number of ether oxygens (including phenoxy) is 2. The molecule has 0 aromatic heterocycles. The van der Waals surface area contributed by atoms with Gasteiger partial charge >= 0.3 is 0 Å². The van der Waals surface area contributed by atoms with Crippen LogP contribution in [0.15, 0.2) is 0 Å². The molecule has 2 aliphatic rings. The van der Waals surface area contributed by atoms with Crippen molar-refractivity contribution in [1.82, 2.24) is 0 Å². The zero-order valence-electron chi connectivity index (χ0n) is 8.08. The topological polar surface area (TPSA) is 44.5 Å². The van der Waals surface area contributed by atoms with Crippen molar-refractivity contribution in [1.29, 1.82) is 0 Å². The fourth-order valence-corrected chi connectivity index (χ4v) is 2.14. The number of nitrogens with two attached hydrogens (primary N) is 1. The van der Waals surface area contributed by atoms with Crippen molar-refractivity contribution in [2.75, 3.05) is 13.2 Å². The standard InChI is InChI=1S/C10H19NO2/c11-8-3-4-9(6-8)13-7-10-2-1-5-12-10/h8-10H,1-7,11H2. The molecule has 2 fully saturated rings. The highest BCUT2D eigenvalue weighted by atomic mass is 16.5. The first-order valence-electron chi connectivity index (χ1n) is 5.33. The molecule has 2 rings (SSSR count). The van der Waals surface area contributed by atoms with E-state index in [1.165, 1.54) is 12.8 Å². The largest absolute Gasteiger partial charge is 0.376 e. The van der Waals surface area contributed by atoms with Crippen LogP contribution in [0.4, 0.5) is 0 Å². The van der Waals surface area contributed by atoms with Crippen molar-refractivity contribution < 1.29 is 9.47 Å². The van der Waals surface area contributed by atoms with Gasteiger partial charge in [-0.25, -0.2) is 0 Å². The summed E-state index contributed by atoms with van der Waals surface area (Å²) in [6.45, 7) is 1.69. The van der Waals surface area contributed by atoms with Crippen LogP contribution >= 0.6 is 0 Å². The minimum atomic E-state index is 0.358. The molecule has 0 bridgehead atoms. The fraction of sp³-hybridized carbons (Fsp3) is 1.00. The molecule has 2 N–H and O–H groups in total. The van der Waals surface area contributed by atoms with Gasteiger partial charge in [-0.1, -0.05) is 0 Å². The third-order valence-electron chi connectivity index (χ3n) is 2.97. The Balaban J connectivity index is 1.62. The van der Waals surface area contributed by atoms with Crippen LogP contribution in [0.2, 0.25) is 0 Å². The molecule has 1 saturated heterocycles. The monoisotopic (exact) mass is 185 g/mol. The van der Waals surface area contributed by atoms with Crippen molar-refractivity contribution in [3.05, 3.63) is 0 Å². The molecule has 3 heteroatoms. The van der Waals surface area contributed by atoms with E-state index in [-0.39, 0.29) is 0 Å². The Morgan fingerprint density at radius 1 is 1.31 bits per heavy atom. The maximum atomic E-state index is 5.80. The van der Waals surface area contributed by atoms with Crippen LogP contribution in [-0.4, -0.2) is 31.5 Å². The quantitative estimate of drug-likeness (QED) is 0.715. The Hall–Kier alpha value is -0.120. The first-order chi connectivity index (χ1) is 6.34. The third-order valence-corrected chi connectivity index (χ3v) is 2.97. The lowest BCUT2D eigenvalue weighted by Crippen LogP contribution is -2.21. The highest BCUT2D eigenvalue weighted by Gasteiger charge is 2.24. The van der Waals surface area contributed by atoms with E-state index in [4.69, 9.17) is 15.2 Å². The lowest BCUT2D eigenvalue weighted by atomic mass is 10.2. The molecule has 1 heterocycles. The minimum absolute atomic E-state index is 0.358.